The first kappa shape index (κ1) is 12.3. The quantitative estimate of drug-likeness (QED) is 0.443. The van der Waals surface area contributed by atoms with E-state index in [0.717, 1.165) is 18.2 Å². The van der Waals surface area contributed by atoms with E-state index in [1.54, 1.807) is 6.92 Å². The Balaban J connectivity index is 2.87. The Morgan fingerprint density at radius 1 is 1.38 bits per heavy atom. The van der Waals surface area contributed by atoms with Crippen molar-refractivity contribution in [1.29, 1.82) is 0 Å². The molecule has 5 heteroatoms. The van der Waals surface area contributed by atoms with E-state index in [4.69, 9.17) is 0 Å². The maximum absolute atomic E-state index is 12.3. The Bertz CT molecular complexity index is 408. The number of ether oxygens (including phenoxy) is 1. The van der Waals surface area contributed by atoms with E-state index in [0.29, 0.717) is 0 Å². The summed E-state index contributed by atoms with van der Waals surface area (Å²) < 4.78 is 41.6. The number of allylic oxidation sites excluding steroid dienone is 1. The van der Waals surface area contributed by atoms with Crippen LogP contribution in [0.5, 0.6) is 5.75 Å². The van der Waals surface area contributed by atoms with E-state index in [-0.39, 0.29) is 5.75 Å². The lowest BCUT2D eigenvalue weighted by Gasteiger charge is -2.07. The highest BCUT2D eigenvalue weighted by Gasteiger charge is 2.30. The molecule has 16 heavy (non-hydrogen) atoms. The van der Waals surface area contributed by atoms with Gasteiger partial charge in [-0.2, -0.15) is 13.2 Å². The summed E-state index contributed by atoms with van der Waals surface area (Å²) in [5, 5.41) is 0. The van der Waals surface area contributed by atoms with Crippen molar-refractivity contribution in [1.82, 2.24) is 0 Å². The molecule has 2 nitrogen and oxygen atoms in total. The fourth-order valence-corrected chi connectivity index (χ4v) is 1.02. The van der Waals surface area contributed by atoms with Gasteiger partial charge >= 0.3 is 12.1 Å². The van der Waals surface area contributed by atoms with Gasteiger partial charge in [-0.25, -0.2) is 4.79 Å². The molecular formula is C11H9F3O2. The smallest absolute Gasteiger partial charge is 0.416 e. The van der Waals surface area contributed by atoms with Crippen LogP contribution in [0.2, 0.25) is 0 Å². The van der Waals surface area contributed by atoms with Crippen LogP contribution in [0, 0.1) is 0 Å². The number of esters is 1. The molecule has 1 aromatic rings. The van der Waals surface area contributed by atoms with Gasteiger partial charge in [0, 0.05) is 6.08 Å². The molecule has 0 amide bonds. The van der Waals surface area contributed by atoms with Crippen molar-refractivity contribution in [3.05, 3.63) is 42.0 Å². The molecule has 1 aromatic carbocycles. The Morgan fingerprint density at radius 2 is 2.06 bits per heavy atom. The topological polar surface area (TPSA) is 26.3 Å². The van der Waals surface area contributed by atoms with Crippen LogP contribution >= 0.6 is 0 Å². The van der Waals surface area contributed by atoms with Crippen molar-refractivity contribution >= 4 is 5.97 Å². The third-order valence-electron chi connectivity index (χ3n) is 1.68. The van der Waals surface area contributed by atoms with Crippen LogP contribution in [0.15, 0.2) is 36.4 Å². The molecule has 0 saturated carbocycles. The Labute approximate surface area is 90.3 Å². The first-order valence-corrected chi connectivity index (χ1v) is 4.45. The molecule has 0 bridgehead atoms. The molecular weight excluding hydrogens is 221 g/mol. The van der Waals surface area contributed by atoms with Crippen molar-refractivity contribution in [3.63, 3.8) is 0 Å². The minimum atomic E-state index is -4.44. The SMILES string of the molecule is C/C=C/C(=O)Oc1cccc(C(F)(F)F)c1. The molecule has 0 aliphatic carbocycles. The van der Waals surface area contributed by atoms with Gasteiger partial charge in [-0.1, -0.05) is 12.1 Å². The highest BCUT2D eigenvalue weighted by atomic mass is 19.4. The van der Waals surface area contributed by atoms with E-state index in [1.807, 2.05) is 0 Å². The molecule has 0 N–H and O–H groups in total. The van der Waals surface area contributed by atoms with Gasteiger partial charge in [0.05, 0.1) is 5.56 Å². The summed E-state index contributed by atoms with van der Waals surface area (Å²) in [5.41, 5.74) is -0.849. The molecule has 1 rings (SSSR count). The molecule has 0 aliphatic rings. The average Bonchev–Trinajstić information content (AvgIpc) is 2.17. The second-order valence-electron chi connectivity index (χ2n) is 2.95. The van der Waals surface area contributed by atoms with Crippen LogP contribution in [0.4, 0.5) is 13.2 Å². The standard InChI is InChI=1S/C11H9F3O2/c1-2-4-10(15)16-9-6-3-5-8(7-9)11(12,13)14/h2-7H,1H3/b4-2+. The molecule has 0 saturated heterocycles. The van der Waals surface area contributed by atoms with E-state index >= 15 is 0 Å². The summed E-state index contributed by atoms with van der Waals surface area (Å²) >= 11 is 0. The molecule has 0 atom stereocenters. The Morgan fingerprint density at radius 3 is 2.62 bits per heavy atom. The summed E-state index contributed by atoms with van der Waals surface area (Å²) in [6.07, 6.45) is -1.88. The van der Waals surface area contributed by atoms with Gasteiger partial charge in [-0.05, 0) is 25.1 Å². The van der Waals surface area contributed by atoms with Gasteiger partial charge in [0.1, 0.15) is 5.75 Å². The van der Waals surface area contributed by atoms with Crippen LogP contribution in [0.3, 0.4) is 0 Å². The average molecular weight is 230 g/mol. The highest BCUT2D eigenvalue weighted by Crippen LogP contribution is 2.31. The molecule has 0 spiro atoms. The van der Waals surface area contributed by atoms with Crippen LogP contribution in [0.1, 0.15) is 12.5 Å². The van der Waals surface area contributed by atoms with Crippen molar-refractivity contribution in [3.8, 4) is 5.75 Å². The fourth-order valence-electron chi connectivity index (χ4n) is 1.02. The zero-order chi connectivity index (χ0) is 12.2. The summed E-state index contributed by atoms with van der Waals surface area (Å²) in [4.78, 5) is 11.0. The van der Waals surface area contributed by atoms with Gasteiger partial charge in [0.15, 0.2) is 0 Å². The zero-order valence-corrected chi connectivity index (χ0v) is 8.41. The molecule has 0 aromatic heterocycles. The summed E-state index contributed by atoms with van der Waals surface area (Å²) in [6.45, 7) is 1.60. The third-order valence-corrected chi connectivity index (χ3v) is 1.68. The second kappa shape index (κ2) is 4.83. The molecule has 0 heterocycles. The molecule has 86 valence electrons. The van der Waals surface area contributed by atoms with Gasteiger partial charge in [0.25, 0.3) is 0 Å². The largest absolute Gasteiger partial charge is 0.423 e. The van der Waals surface area contributed by atoms with E-state index in [9.17, 15) is 18.0 Å². The third kappa shape index (κ3) is 3.42. The fraction of sp³-hybridized carbons (Fsp3) is 0.182. The lowest BCUT2D eigenvalue weighted by Crippen LogP contribution is -2.07. The van der Waals surface area contributed by atoms with Crippen molar-refractivity contribution < 1.29 is 22.7 Å². The summed E-state index contributed by atoms with van der Waals surface area (Å²) in [5.74, 6) is -0.834. The number of benzene rings is 1. The van der Waals surface area contributed by atoms with Crippen LogP contribution in [-0.2, 0) is 11.0 Å². The Kier molecular flexibility index (Phi) is 3.71. The first-order chi connectivity index (χ1) is 7.43. The number of halogens is 3. The van der Waals surface area contributed by atoms with Crippen LogP contribution in [-0.4, -0.2) is 5.97 Å². The summed E-state index contributed by atoms with van der Waals surface area (Å²) in [7, 11) is 0. The molecule has 0 aliphatic heterocycles. The van der Waals surface area contributed by atoms with Crippen molar-refractivity contribution in [2.75, 3.05) is 0 Å². The monoisotopic (exact) mass is 230 g/mol. The predicted octanol–water partition coefficient (Wildman–Crippen LogP) is 3.19. The van der Waals surface area contributed by atoms with Crippen LogP contribution in [0.25, 0.3) is 0 Å². The number of rotatable bonds is 2. The van der Waals surface area contributed by atoms with Gasteiger partial charge in [0.2, 0.25) is 0 Å². The van der Waals surface area contributed by atoms with E-state index < -0.39 is 17.7 Å². The van der Waals surface area contributed by atoms with Gasteiger partial charge in [-0.15, -0.1) is 0 Å². The minimum absolute atomic E-state index is 0.127. The normalized spacial score (nSPS) is 11.8. The number of alkyl halides is 3. The van der Waals surface area contributed by atoms with Crippen LogP contribution < -0.4 is 4.74 Å². The van der Waals surface area contributed by atoms with Gasteiger partial charge < -0.3 is 4.74 Å². The molecule has 0 fully saturated rings. The lowest BCUT2D eigenvalue weighted by atomic mass is 10.2. The van der Waals surface area contributed by atoms with Gasteiger partial charge in [-0.3, -0.25) is 0 Å². The lowest BCUT2D eigenvalue weighted by molar-refractivity contribution is -0.138. The van der Waals surface area contributed by atoms with E-state index in [2.05, 4.69) is 4.74 Å². The highest BCUT2D eigenvalue weighted by molar-refractivity contribution is 5.83. The summed E-state index contributed by atoms with van der Waals surface area (Å²) in [6, 6.07) is 4.16. The number of hydrogen-bond donors (Lipinski definition) is 0. The molecule has 0 unspecified atom stereocenters. The predicted molar refractivity (Wildman–Crippen MR) is 51.9 cm³/mol. The number of carbonyl (C=O) groups is 1. The maximum Gasteiger partial charge on any atom is 0.416 e. The number of hydrogen-bond acceptors (Lipinski definition) is 2. The van der Waals surface area contributed by atoms with E-state index in [1.165, 1.54) is 18.2 Å². The second-order valence-corrected chi connectivity index (χ2v) is 2.95. The van der Waals surface area contributed by atoms with Crippen molar-refractivity contribution in [2.45, 2.75) is 13.1 Å². The zero-order valence-electron chi connectivity index (χ0n) is 8.41. The maximum atomic E-state index is 12.3. The van der Waals surface area contributed by atoms with Crippen molar-refractivity contribution in [2.24, 2.45) is 0 Å². The molecule has 0 radical (unpaired) electrons. The number of carbonyl (C=O) groups excluding carboxylic acids is 1. The first-order valence-electron chi connectivity index (χ1n) is 4.45. The minimum Gasteiger partial charge on any atom is -0.423 e. The Hall–Kier alpha value is -1.78.